The third-order valence-electron chi connectivity index (χ3n) is 10.7. The first kappa shape index (κ1) is 26.6. The lowest BCUT2D eigenvalue weighted by atomic mass is 9.35. The van der Waals surface area contributed by atoms with Crippen LogP contribution in [0.25, 0.3) is 0 Å². The van der Waals surface area contributed by atoms with E-state index in [1.54, 1.807) is 6.92 Å². The smallest absolute Gasteiger partial charge is 0.358 e. The first-order valence-electron chi connectivity index (χ1n) is 12.7. The Balaban J connectivity index is 1.94. The van der Waals surface area contributed by atoms with Crippen molar-refractivity contribution in [2.45, 2.75) is 85.9 Å². The third kappa shape index (κ3) is 3.02. The summed E-state index contributed by atoms with van der Waals surface area (Å²) >= 11 is 0. The van der Waals surface area contributed by atoms with E-state index in [1.807, 2.05) is 20.8 Å². The van der Waals surface area contributed by atoms with Gasteiger partial charge in [-0.1, -0.05) is 39.8 Å². The van der Waals surface area contributed by atoms with Crippen LogP contribution in [-0.4, -0.2) is 48.3 Å². The number of carbonyl (C=O) groups is 5. The SMILES string of the molecule is C=C1CC2C3(C)CCC(=O)C(C)(C)C3CC(OC(C)=O)C2(C)C2C(=O)OC(C)(C(=O)OC)C(=O)C12C. The molecule has 0 aromatic carbocycles. The topological polar surface area (TPSA) is 113 Å². The molecule has 0 spiro atoms. The maximum absolute atomic E-state index is 14.0. The number of ketones is 2. The molecule has 1 heterocycles. The molecule has 8 heteroatoms. The van der Waals surface area contributed by atoms with Gasteiger partial charge in [-0.2, -0.15) is 0 Å². The van der Waals surface area contributed by atoms with E-state index >= 15 is 0 Å². The van der Waals surface area contributed by atoms with Crippen molar-refractivity contribution in [3.05, 3.63) is 12.2 Å². The Morgan fingerprint density at radius 3 is 2.19 bits per heavy atom. The second-order valence-corrected chi connectivity index (χ2v) is 12.7. The highest BCUT2D eigenvalue weighted by molar-refractivity contribution is 6.15. The molecule has 8 nitrogen and oxygen atoms in total. The Bertz CT molecular complexity index is 1090. The van der Waals surface area contributed by atoms with Crippen molar-refractivity contribution in [1.82, 2.24) is 0 Å². The van der Waals surface area contributed by atoms with Gasteiger partial charge in [-0.15, -0.1) is 0 Å². The molecule has 36 heavy (non-hydrogen) atoms. The Morgan fingerprint density at radius 2 is 1.64 bits per heavy atom. The minimum Gasteiger partial charge on any atom is -0.466 e. The first-order valence-corrected chi connectivity index (χ1v) is 12.7. The second-order valence-electron chi connectivity index (χ2n) is 12.7. The molecule has 0 radical (unpaired) electrons. The van der Waals surface area contributed by atoms with Crippen molar-refractivity contribution in [3.63, 3.8) is 0 Å². The Kier molecular flexibility index (Phi) is 5.71. The number of hydrogen-bond donors (Lipinski definition) is 0. The van der Waals surface area contributed by atoms with Gasteiger partial charge in [-0.3, -0.25) is 19.2 Å². The summed E-state index contributed by atoms with van der Waals surface area (Å²) in [5.74, 6) is -3.88. The van der Waals surface area contributed by atoms with Crippen LogP contribution < -0.4 is 0 Å². The maximum atomic E-state index is 14.0. The highest BCUT2D eigenvalue weighted by atomic mass is 16.6. The predicted octanol–water partition coefficient (Wildman–Crippen LogP) is 3.60. The van der Waals surface area contributed by atoms with Crippen molar-refractivity contribution in [1.29, 1.82) is 0 Å². The van der Waals surface area contributed by atoms with Crippen LogP contribution in [0.15, 0.2) is 12.2 Å². The molecule has 1 saturated heterocycles. The van der Waals surface area contributed by atoms with E-state index in [1.165, 1.54) is 13.8 Å². The fourth-order valence-corrected chi connectivity index (χ4v) is 8.69. The quantitative estimate of drug-likeness (QED) is 0.244. The van der Waals surface area contributed by atoms with Crippen LogP contribution in [0.3, 0.4) is 0 Å². The highest BCUT2D eigenvalue weighted by Crippen LogP contribution is 2.72. The van der Waals surface area contributed by atoms with Gasteiger partial charge in [-0.25, -0.2) is 4.79 Å². The zero-order valence-electron chi connectivity index (χ0n) is 22.6. The van der Waals surface area contributed by atoms with Crippen LogP contribution in [0.2, 0.25) is 0 Å². The van der Waals surface area contributed by atoms with Gasteiger partial charge in [0, 0.05) is 24.2 Å². The molecule has 8 atom stereocenters. The van der Waals surface area contributed by atoms with Crippen molar-refractivity contribution in [2.75, 3.05) is 7.11 Å². The van der Waals surface area contributed by atoms with Crippen molar-refractivity contribution in [3.8, 4) is 0 Å². The molecule has 3 aliphatic carbocycles. The van der Waals surface area contributed by atoms with Gasteiger partial charge in [0.25, 0.3) is 5.60 Å². The summed E-state index contributed by atoms with van der Waals surface area (Å²) in [6.07, 6.45) is 1.10. The molecule has 0 bridgehead atoms. The number of allylic oxidation sites excluding steroid dienone is 1. The summed E-state index contributed by atoms with van der Waals surface area (Å²) in [6, 6.07) is 0. The van der Waals surface area contributed by atoms with Crippen LogP contribution in [0.1, 0.15) is 74.1 Å². The Labute approximate surface area is 212 Å². The molecule has 4 rings (SSSR count). The number of esters is 3. The minimum atomic E-state index is -2.10. The molecular formula is C28H38O8. The largest absolute Gasteiger partial charge is 0.466 e. The molecule has 3 saturated carbocycles. The van der Waals surface area contributed by atoms with Crippen molar-refractivity contribution in [2.24, 2.45) is 39.4 Å². The number of hydrogen-bond acceptors (Lipinski definition) is 8. The van der Waals surface area contributed by atoms with E-state index in [0.29, 0.717) is 31.3 Å². The average molecular weight is 503 g/mol. The number of carbonyl (C=O) groups excluding carboxylic acids is 5. The third-order valence-corrected chi connectivity index (χ3v) is 10.7. The summed E-state index contributed by atoms with van der Waals surface area (Å²) in [4.78, 5) is 65.9. The van der Waals surface area contributed by atoms with E-state index < -0.39 is 57.6 Å². The van der Waals surface area contributed by atoms with E-state index in [4.69, 9.17) is 14.2 Å². The molecule has 0 N–H and O–H groups in total. The zero-order valence-corrected chi connectivity index (χ0v) is 22.6. The fourth-order valence-electron chi connectivity index (χ4n) is 8.69. The van der Waals surface area contributed by atoms with Gasteiger partial charge in [-0.05, 0) is 50.4 Å². The van der Waals surface area contributed by atoms with Crippen LogP contribution in [0.5, 0.6) is 0 Å². The summed E-state index contributed by atoms with van der Waals surface area (Å²) in [5, 5.41) is 0. The lowest BCUT2D eigenvalue weighted by Crippen LogP contribution is -2.74. The lowest BCUT2D eigenvalue weighted by molar-refractivity contribution is -0.249. The number of methoxy groups -OCH3 is 1. The van der Waals surface area contributed by atoms with Gasteiger partial charge in [0.05, 0.1) is 18.4 Å². The molecule has 4 aliphatic rings. The second kappa shape index (κ2) is 7.75. The molecule has 4 fully saturated rings. The van der Waals surface area contributed by atoms with Crippen LogP contribution in [0.4, 0.5) is 0 Å². The zero-order chi connectivity index (χ0) is 27.2. The monoisotopic (exact) mass is 502 g/mol. The van der Waals surface area contributed by atoms with Gasteiger partial charge in [0.2, 0.25) is 0 Å². The predicted molar refractivity (Wildman–Crippen MR) is 128 cm³/mol. The average Bonchev–Trinajstić information content (AvgIpc) is 2.78. The Hall–Kier alpha value is -2.51. The van der Waals surface area contributed by atoms with Gasteiger partial charge < -0.3 is 14.2 Å². The number of fused-ring (bicyclic) bond motifs is 5. The van der Waals surface area contributed by atoms with Crippen LogP contribution in [-0.2, 0) is 38.2 Å². The van der Waals surface area contributed by atoms with Crippen LogP contribution >= 0.6 is 0 Å². The summed E-state index contributed by atoms with van der Waals surface area (Å²) in [6.45, 7) is 16.5. The molecule has 0 aromatic rings. The van der Waals surface area contributed by atoms with Crippen LogP contribution in [0, 0.1) is 39.4 Å². The summed E-state index contributed by atoms with van der Waals surface area (Å²) in [7, 11) is 1.14. The van der Waals surface area contributed by atoms with Crippen molar-refractivity contribution >= 4 is 29.5 Å². The standard InChI is InChI=1S/C28H38O8/c1-14-12-17-25(5)11-10-18(30)24(3,4)16(25)13-19(35-15(2)29)27(17,7)20-21(31)36-28(8,23(33)34-9)22(32)26(14,20)6/h16-17,19-20H,1,10-13H2,2-9H3. The van der Waals surface area contributed by atoms with Gasteiger partial charge >= 0.3 is 17.9 Å². The van der Waals surface area contributed by atoms with Gasteiger partial charge in [0.15, 0.2) is 5.78 Å². The van der Waals surface area contributed by atoms with E-state index in [0.717, 1.165) is 7.11 Å². The molecule has 1 aliphatic heterocycles. The van der Waals surface area contributed by atoms with E-state index in [2.05, 4.69) is 13.5 Å². The maximum Gasteiger partial charge on any atom is 0.358 e. The highest BCUT2D eigenvalue weighted by Gasteiger charge is 2.76. The molecule has 8 unspecified atom stereocenters. The Morgan fingerprint density at radius 1 is 1.03 bits per heavy atom. The summed E-state index contributed by atoms with van der Waals surface area (Å²) in [5.41, 5.74) is -4.98. The molecule has 0 aromatic heterocycles. The number of ether oxygens (including phenoxy) is 3. The molecular weight excluding hydrogens is 464 g/mol. The number of Topliss-reactive ketones (excluding diaryl/α,β-unsaturated/α-hetero) is 2. The summed E-state index contributed by atoms with van der Waals surface area (Å²) < 4.78 is 16.4. The van der Waals surface area contributed by atoms with E-state index in [-0.39, 0.29) is 23.0 Å². The molecule has 0 amide bonds. The number of rotatable bonds is 2. The number of cyclic esters (lactones) is 1. The minimum absolute atomic E-state index is 0.0959. The van der Waals surface area contributed by atoms with Crippen molar-refractivity contribution < 1.29 is 38.2 Å². The lowest BCUT2D eigenvalue weighted by Gasteiger charge is -2.69. The fraction of sp³-hybridized carbons (Fsp3) is 0.750. The normalized spacial score (nSPS) is 45.6. The first-order chi connectivity index (χ1) is 16.4. The van der Waals surface area contributed by atoms with E-state index in [9.17, 15) is 24.0 Å². The van der Waals surface area contributed by atoms with Gasteiger partial charge in [0.1, 0.15) is 11.9 Å². The molecule has 198 valence electrons.